The van der Waals surface area contributed by atoms with Crippen LogP contribution in [0.2, 0.25) is 0 Å². The third-order valence-corrected chi connectivity index (χ3v) is 2.61. The Labute approximate surface area is 122 Å². The molecule has 7 nitrogen and oxygen atoms in total. The number of ketones is 1. The van der Waals surface area contributed by atoms with E-state index in [9.17, 15) is 14.4 Å². The first-order chi connectivity index (χ1) is 9.90. The number of ether oxygens (including phenoxy) is 2. The second kappa shape index (κ2) is 7.28. The van der Waals surface area contributed by atoms with Gasteiger partial charge in [-0.25, -0.2) is 9.59 Å². The summed E-state index contributed by atoms with van der Waals surface area (Å²) in [4.78, 5) is 35.8. The molecule has 1 rings (SSSR count). The first-order valence-corrected chi connectivity index (χ1v) is 6.32. The zero-order valence-electron chi connectivity index (χ0n) is 12.2. The molecule has 21 heavy (non-hydrogen) atoms. The van der Waals surface area contributed by atoms with Gasteiger partial charge >= 0.3 is 12.1 Å². The number of methoxy groups -OCH3 is 1. The van der Waals surface area contributed by atoms with Gasteiger partial charge in [0.05, 0.1) is 37.2 Å². The Bertz CT molecular complexity index is 556. The summed E-state index contributed by atoms with van der Waals surface area (Å²) in [5, 5.41) is 0. The third kappa shape index (κ3) is 4.20. The number of carbonyl (C=O) groups is 3. The highest BCUT2D eigenvalue weighted by atomic mass is 16.6. The Hall–Kier alpha value is -2.57. The van der Waals surface area contributed by atoms with Crippen LogP contribution >= 0.6 is 0 Å². The minimum atomic E-state index is -0.676. The van der Waals surface area contributed by atoms with E-state index in [1.165, 1.54) is 32.2 Å². The monoisotopic (exact) mass is 294 g/mol. The number of hydrogen-bond donors (Lipinski definition) is 1. The van der Waals surface area contributed by atoms with Crippen molar-refractivity contribution in [2.24, 2.45) is 0 Å². The van der Waals surface area contributed by atoms with Gasteiger partial charge in [-0.1, -0.05) is 0 Å². The molecule has 0 aliphatic heterocycles. The number of rotatable bonds is 5. The maximum atomic E-state index is 11.9. The molecule has 0 saturated carbocycles. The van der Waals surface area contributed by atoms with E-state index in [0.29, 0.717) is 5.69 Å². The lowest BCUT2D eigenvalue weighted by Gasteiger charge is -2.22. The highest BCUT2D eigenvalue weighted by molar-refractivity contribution is 5.99. The van der Waals surface area contributed by atoms with Gasteiger partial charge in [0.2, 0.25) is 0 Å². The molecule has 0 aliphatic rings. The first-order valence-electron chi connectivity index (χ1n) is 6.32. The molecule has 0 fully saturated rings. The van der Waals surface area contributed by atoms with Crippen LogP contribution in [-0.4, -0.2) is 38.1 Å². The van der Waals surface area contributed by atoms with Crippen LogP contribution in [0.5, 0.6) is 0 Å². The normalized spacial score (nSPS) is 9.86. The molecule has 114 valence electrons. The van der Waals surface area contributed by atoms with E-state index in [1.807, 2.05) is 0 Å². The number of nitrogens with two attached hydrogens (primary N) is 1. The average Bonchev–Trinajstić information content (AvgIpc) is 2.44. The van der Waals surface area contributed by atoms with Crippen molar-refractivity contribution in [3.63, 3.8) is 0 Å². The van der Waals surface area contributed by atoms with Crippen molar-refractivity contribution in [1.82, 2.24) is 0 Å². The molecule has 0 spiro atoms. The van der Waals surface area contributed by atoms with Crippen LogP contribution in [0.1, 0.15) is 24.2 Å². The van der Waals surface area contributed by atoms with Gasteiger partial charge in [0.1, 0.15) is 5.78 Å². The Balaban J connectivity index is 3.15. The summed E-state index contributed by atoms with van der Waals surface area (Å²) in [7, 11) is 1.26. The molecule has 0 heterocycles. The van der Waals surface area contributed by atoms with Gasteiger partial charge in [0.25, 0.3) is 0 Å². The smallest absolute Gasteiger partial charge is 0.414 e. The Kier molecular flexibility index (Phi) is 5.71. The van der Waals surface area contributed by atoms with Gasteiger partial charge in [-0.2, -0.15) is 0 Å². The third-order valence-electron chi connectivity index (χ3n) is 2.61. The molecule has 0 atom stereocenters. The molecular formula is C14H18N2O5. The lowest BCUT2D eigenvalue weighted by Crippen LogP contribution is -2.36. The number of amides is 1. The van der Waals surface area contributed by atoms with E-state index in [-0.39, 0.29) is 30.2 Å². The van der Waals surface area contributed by atoms with Crippen molar-refractivity contribution in [2.75, 3.05) is 30.9 Å². The molecule has 2 N–H and O–H groups in total. The number of carbonyl (C=O) groups excluding carboxylic acids is 3. The number of nitrogen functional groups attached to an aromatic ring is 1. The summed E-state index contributed by atoms with van der Waals surface area (Å²) in [5.74, 6) is -0.762. The number of Topliss-reactive ketones (excluding diaryl/α,β-unsaturated/α-hetero) is 1. The summed E-state index contributed by atoms with van der Waals surface area (Å²) in [5.41, 5.74) is 6.59. The number of nitrogens with zero attached hydrogens (tertiary/aromatic N) is 1. The summed E-state index contributed by atoms with van der Waals surface area (Å²) in [6.07, 6.45) is -0.676. The lowest BCUT2D eigenvalue weighted by atomic mass is 10.1. The fourth-order valence-corrected chi connectivity index (χ4v) is 1.72. The van der Waals surface area contributed by atoms with Crippen LogP contribution in [0.25, 0.3) is 0 Å². The maximum absolute atomic E-state index is 11.9. The molecule has 1 aromatic rings. The van der Waals surface area contributed by atoms with Crippen molar-refractivity contribution in [3.05, 3.63) is 23.8 Å². The van der Waals surface area contributed by atoms with Gasteiger partial charge in [-0.15, -0.1) is 0 Å². The fraction of sp³-hybridized carbons (Fsp3) is 0.357. The second-order valence-electron chi connectivity index (χ2n) is 4.25. The largest absolute Gasteiger partial charge is 0.465 e. The lowest BCUT2D eigenvalue weighted by molar-refractivity contribution is -0.115. The topological polar surface area (TPSA) is 98.9 Å². The summed E-state index contributed by atoms with van der Waals surface area (Å²) in [6, 6.07) is 4.32. The van der Waals surface area contributed by atoms with Crippen molar-refractivity contribution < 1.29 is 23.9 Å². The zero-order valence-corrected chi connectivity index (χ0v) is 12.2. The first kappa shape index (κ1) is 16.5. The van der Waals surface area contributed by atoms with Crippen LogP contribution in [0.3, 0.4) is 0 Å². The molecule has 0 saturated heterocycles. The molecule has 0 bridgehead atoms. The Morgan fingerprint density at radius 2 is 1.95 bits per heavy atom. The Morgan fingerprint density at radius 3 is 2.43 bits per heavy atom. The van der Waals surface area contributed by atoms with E-state index < -0.39 is 12.1 Å². The van der Waals surface area contributed by atoms with Crippen LogP contribution in [0.15, 0.2) is 18.2 Å². The minimum Gasteiger partial charge on any atom is -0.465 e. The molecule has 0 unspecified atom stereocenters. The highest BCUT2D eigenvalue weighted by Gasteiger charge is 2.21. The van der Waals surface area contributed by atoms with E-state index in [2.05, 4.69) is 4.74 Å². The highest BCUT2D eigenvalue weighted by Crippen LogP contribution is 2.25. The maximum Gasteiger partial charge on any atom is 0.414 e. The van der Waals surface area contributed by atoms with Gasteiger partial charge in [0, 0.05) is 0 Å². The van der Waals surface area contributed by atoms with Crippen molar-refractivity contribution in [3.8, 4) is 0 Å². The van der Waals surface area contributed by atoms with Crippen molar-refractivity contribution in [2.45, 2.75) is 13.8 Å². The van der Waals surface area contributed by atoms with Gasteiger partial charge in [0.15, 0.2) is 0 Å². The fourth-order valence-electron chi connectivity index (χ4n) is 1.72. The summed E-state index contributed by atoms with van der Waals surface area (Å²) in [6.45, 7) is 3.02. The van der Waals surface area contributed by atoms with Crippen LogP contribution in [0.4, 0.5) is 16.2 Å². The molecular weight excluding hydrogens is 276 g/mol. The van der Waals surface area contributed by atoms with Crippen molar-refractivity contribution >= 4 is 29.2 Å². The quantitative estimate of drug-likeness (QED) is 0.654. The van der Waals surface area contributed by atoms with Crippen LogP contribution < -0.4 is 10.6 Å². The van der Waals surface area contributed by atoms with Crippen molar-refractivity contribution in [1.29, 1.82) is 0 Å². The van der Waals surface area contributed by atoms with Crippen LogP contribution in [-0.2, 0) is 14.3 Å². The molecule has 1 aromatic carbocycles. The van der Waals surface area contributed by atoms with E-state index in [0.717, 1.165) is 4.90 Å². The molecule has 7 heteroatoms. The number of anilines is 2. The van der Waals surface area contributed by atoms with E-state index in [4.69, 9.17) is 10.5 Å². The Morgan fingerprint density at radius 1 is 1.29 bits per heavy atom. The molecule has 0 radical (unpaired) electrons. The van der Waals surface area contributed by atoms with E-state index >= 15 is 0 Å². The summed E-state index contributed by atoms with van der Waals surface area (Å²) < 4.78 is 9.49. The number of hydrogen-bond acceptors (Lipinski definition) is 6. The average molecular weight is 294 g/mol. The number of esters is 1. The molecule has 0 aromatic heterocycles. The van der Waals surface area contributed by atoms with Gasteiger partial charge in [-0.3, -0.25) is 9.69 Å². The van der Waals surface area contributed by atoms with Crippen LogP contribution in [0, 0.1) is 0 Å². The minimum absolute atomic E-state index is 0.166. The summed E-state index contributed by atoms with van der Waals surface area (Å²) >= 11 is 0. The van der Waals surface area contributed by atoms with Gasteiger partial charge in [-0.05, 0) is 32.0 Å². The predicted molar refractivity (Wildman–Crippen MR) is 77.2 cm³/mol. The number of benzene rings is 1. The standard InChI is InChI=1S/C14H18N2O5/c1-4-21-14(19)16(8-9(2)17)12-6-5-10(7-11(12)15)13(18)20-3/h5-7H,4,8,15H2,1-3H3. The molecule has 1 amide bonds. The SMILES string of the molecule is CCOC(=O)N(CC(C)=O)c1ccc(C(=O)OC)cc1N. The predicted octanol–water partition coefficient (Wildman–Crippen LogP) is 1.61. The molecule has 0 aliphatic carbocycles. The van der Waals surface area contributed by atoms with E-state index in [1.54, 1.807) is 6.92 Å². The zero-order chi connectivity index (χ0) is 16.0. The van der Waals surface area contributed by atoms with Gasteiger partial charge < -0.3 is 15.2 Å². The second-order valence-corrected chi connectivity index (χ2v) is 4.25.